The second-order valence-corrected chi connectivity index (χ2v) is 8.08. The van der Waals surface area contributed by atoms with Gasteiger partial charge in [0.2, 0.25) is 11.0 Å². The van der Waals surface area contributed by atoms with Crippen LogP contribution >= 0.6 is 34.9 Å². The summed E-state index contributed by atoms with van der Waals surface area (Å²) in [4.78, 5) is 13.3. The van der Waals surface area contributed by atoms with Crippen LogP contribution in [-0.4, -0.2) is 27.1 Å². The molecule has 5 nitrogen and oxygen atoms in total. The number of carbonyl (C=O) groups excluding carboxylic acids is 1. The Balaban J connectivity index is 2.00. The van der Waals surface area contributed by atoms with Gasteiger partial charge < -0.3 is 5.73 Å². The number of aromatic nitrogens is 2. The molecule has 0 aliphatic carbocycles. The first-order chi connectivity index (χ1) is 10.6. The van der Waals surface area contributed by atoms with Gasteiger partial charge in [-0.15, -0.1) is 22.0 Å². The predicted octanol–water partition coefficient (Wildman–Crippen LogP) is 3.74. The van der Waals surface area contributed by atoms with Gasteiger partial charge in [-0.3, -0.25) is 10.1 Å². The van der Waals surface area contributed by atoms with E-state index in [1.54, 1.807) is 11.8 Å². The lowest BCUT2D eigenvalue weighted by Crippen LogP contribution is -2.24. The molecule has 1 amide bonds. The predicted molar refractivity (Wildman–Crippen MR) is 95.7 cm³/mol. The van der Waals surface area contributed by atoms with Gasteiger partial charge in [0.05, 0.1) is 5.25 Å². The van der Waals surface area contributed by atoms with Gasteiger partial charge in [-0.25, -0.2) is 0 Å². The summed E-state index contributed by atoms with van der Waals surface area (Å²) in [7, 11) is 0. The van der Waals surface area contributed by atoms with Crippen LogP contribution in [0.1, 0.15) is 20.3 Å². The fraction of sp³-hybridized carbons (Fsp3) is 0.357. The minimum Gasteiger partial charge on any atom is -0.398 e. The Bertz CT molecular complexity index is 632. The fourth-order valence-corrected chi connectivity index (χ4v) is 4.34. The SMILES string of the molecule is CCSc1nnc(NC(=O)[C@@H](CC)Sc2ccccc2N)s1. The lowest BCUT2D eigenvalue weighted by Gasteiger charge is -2.14. The highest BCUT2D eigenvalue weighted by atomic mass is 32.2. The summed E-state index contributed by atoms with van der Waals surface area (Å²) in [5.41, 5.74) is 6.63. The molecule has 3 N–H and O–H groups in total. The van der Waals surface area contributed by atoms with Gasteiger partial charge >= 0.3 is 0 Å². The Morgan fingerprint density at radius 1 is 1.36 bits per heavy atom. The van der Waals surface area contributed by atoms with Crippen LogP contribution in [0.5, 0.6) is 0 Å². The third-order valence-corrected chi connectivity index (χ3v) is 6.07. The number of rotatable bonds is 7. The Kier molecular flexibility index (Phi) is 6.53. The molecular weight excluding hydrogens is 336 g/mol. The fourth-order valence-electron chi connectivity index (χ4n) is 1.69. The van der Waals surface area contributed by atoms with E-state index in [4.69, 9.17) is 5.73 Å². The van der Waals surface area contributed by atoms with E-state index >= 15 is 0 Å². The second-order valence-electron chi connectivity index (χ2n) is 4.35. The molecule has 0 unspecified atom stereocenters. The molecule has 0 saturated carbocycles. The van der Waals surface area contributed by atoms with E-state index in [1.165, 1.54) is 23.1 Å². The molecule has 0 radical (unpaired) electrons. The first-order valence-corrected chi connectivity index (χ1v) is 9.60. The van der Waals surface area contributed by atoms with E-state index < -0.39 is 0 Å². The molecule has 1 aromatic carbocycles. The molecule has 8 heteroatoms. The summed E-state index contributed by atoms with van der Waals surface area (Å²) in [6.07, 6.45) is 0.709. The van der Waals surface area contributed by atoms with Crippen LogP contribution in [0, 0.1) is 0 Å². The van der Waals surface area contributed by atoms with Gasteiger partial charge in [0, 0.05) is 10.6 Å². The van der Waals surface area contributed by atoms with Gasteiger partial charge in [0.1, 0.15) is 0 Å². The average molecular weight is 355 g/mol. The number of para-hydroxylation sites is 1. The van der Waals surface area contributed by atoms with Crippen molar-refractivity contribution in [3.63, 3.8) is 0 Å². The molecule has 22 heavy (non-hydrogen) atoms. The monoisotopic (exact) mass is 354 g/mol. The van der Waals surface area contributed by atoms with E-state index in [0.29, 0.717) is 17.2 Å². The molecule has 2 aromatic rings. The number of thioether (sulfide) groups is 2. The number of anilines is 2. The zero-order valence-electron chi connectivity index (χ0n) is 12.4. The maximum Gasteiger partial charge on any atom is 0.239 e. The minimum atomic E-state index is -0.212. The van der Waals surface area contributed by atoms with E-state index in [2.05, 4.69) is 22.4 Å². The number of carbonyl (C=O) groups is 1. The smallest absolute Gasteiger partial charge is 0.239 e. The maximum absolute atomic E-state index is 12.4. The quantitative estimate of drug-likeness (QED) is 0.448. The van der Waals surface area contributed by atoms with Crippen molar-refractivity contribution in [2.24, 2.45) is 0 Å². The minimum absolute atomic E-state index is 0.0695. The summed E-state index contributed by atoms with van der Waals surface area (Å²) in [6, 6.07) is 7.57. The van der Waals surface area contributed by atoms with Crippen molar-refractivity contribution in [3.8, 4) is 0 Å². The zero-order chi connectivity index (χ0) is 15.9. The number of nitrogens with zero attached hydrogens (tertiary/aromatic N) is 2. The van der Waals surface area contributed by atoms with Crippen LogP contribution in [0.2, 0.25) is 0 Å². The molecule has 0 spiro atoms. The Morgan fingerprint density at radius 3 is 2.82 bits per heavy atom. The summed E-state index contributed by atoms with van der Waals surface area (Å²) in [5.74, 6) is 0.864. The van der Waals surface area contributed by atoms with Crippen molar-refractivity contribution in [1.82, 2.24) is 10.2 Å². The zero-order valence-corrected chi connectivity index (χ0v) is 14.9. The van der Waals surface area contributed by atoms with E-state index in [-0.39, 0.29) is 11.2 Å². The van der Waals surface area contributed by atoms with Crippen LogP contribution in [0.25, 0.3) is 0 Å². The molecule has 1 atom stereocenters. The first-order valence-electron chi connectivity index (χ1n) is 6.92. The molecule has 0 saturated heterocycles. The summed E-state index contributed by atoms with van der Waals surface area (Å²) >= 11 is 4.49. The van der Waals surface area contributed by atoms with Crippen molar-refractivity contribution < 1.29 is 4.79 Å². The number of nitrogens with two attached hydrogens (primary N) is 1. The van der Waals surface area contributed by atoms with Crippen LogP contribution in [0.15, 0.2) is 33.5 Å². The van der Waals surface area contributed by atoms with Crippen molar-refractivity contribution >= 4 is 51.6 Å². The Labute approximate surface area is 142 Å². The first kappa shape index (κ1) is 17.1. The highest BCUT2D eigenvalue weighted by Crippen LogP contribution is 2.31. The van der Waals surface area contributed by atoms with Crippen molar-refractivity contribution in [3.05, 3.63) is 24.3 Å². The summed E-state index contributed by atoms with van der Waals surface area (Å²) in [6.45, 7) is 4.03. The number of benzene rings is 1. The molecule has 0 aliphatic rings. The van der Waals surface area contributed by atoms with Crippen LogP contribution < -0.4 is 11.1 Å². The van der Waals surface area contributed by atoms with Crippen molar-refractivity contribution in [2.45, 2.75) is 34.8 Å². The number of nitrogen functional groups attached to an aromatic ring is 1. The summed E-state index contributed by atoms with van der Waals surface area (Å²) in [5, 5.41) is 11.2. The molecule has 1 aromatic heterocycles. The van der Waals surface area contributed by atoms with Gasteiger partial charge in [-0.05, 0) is 24.3 Å². The van der Waals surface area contributed by atoms with E-state index in [9.17, 15) is 4.79 Å². The lowest BCUT2D eigenvalue weighted by molar-refractivity contribution is -0.115. The topological polar surface area (TPSA) is 80.9 Å². The Morgan fingerprint density at radius 2 is 2.14 bits per heavy atom. The molecule has 0 aliphatic heterocycles. The van der Waals surface area contributed by atoms with Crippen LogP contribution in [-0.2, 0) is 4.79 Å². The Hall–Kier alpha value is -1.25. The van der Waals surface area contributed by atoms with Crippen LogP contribution in [0.4, 0.5) is 10.8 Å². The van der Waals surface area contributed by atoms with Gasteiger partial charge in [-0.2, -0.15) is 0 Å². The largest absolute Gasteiger partial charge is 0.398 e. The number of nitrogens with one attached hydrogen (secondary N) is 1. The normalized spacial score (nSPS) is 12.1. The van der Waals surface area contributed by atoms with E-state index in [1.807, 2.05) is 31.2 Å². The van der Waals surface area contributed by atoms with Crippen LogP contribution in [0.3, 0.4) is 0 Å². The summed E-state index contributed by atoms with van der Waals surface area (Å²) < 4.78 is 0.866. The van der Waals surface area contributed by atoms with Crippen molar-refractivity contribution in [2.75, 3.05) is 16.8 Å². The third kappa shape index (κ3) is 4.62. The van der Waals surface area contributed by atoms with Gasteiger partial charge in [0.15, 0.2) is 4.34 Å². The molecular formula is C14H18N4OS3. The standard InChI is InChI=1S/C14H18N4OS3/c1-3-10(21-11-8-6-5-7-9(11)15)12(19)16-13-17-18-14(22-13)20-4-2/h5-8,10H,3-4,15H2,1-2H3,(H,16,17,19)/t10-/m1/s1. The highest BCUT2D eigenvalue weighted by Gasteiger charge is 2.20. The number of hydrogen-bond acceptors (Lipinski definition) is 7. The lowest BCUT2D eigenvalue weighted by atomic mass is 10.3. The molecule has 1 heterocycles. The molecule has 2 rings (SSSR count). The van der Waals surface area contributed by atoms with E-state index in [0.717, 1.165) is 15.0 Å². The molecule has 118 valence electrons. The maximum atomic E-state index is 12.4. The second kappa shape index (κ2) is 8.40. The number of hydrogen-bond donors (Lipinski definition) is 2. The molecule has 0 bridgehead atoms. The van der Waals surface area contributed by atoms with Gasteiger partial charge in [-0.1, -0.05) is 49.1 Å². The average Bonchev–Trinajstić information content (AvgIpc) is 2.94. The highest BCUT2D eigenvalue weighted by molar-refractivity contribution is 8.01. The van der Waals surface area contributed by atoms with Crippen molar-refractivity contribution in [1.29, 1.82) is 0 Å². The molecule has 0 fully saturated rings. The number of amides is 1. The third-order valence-electron chi connectivity index (χ3n) is 2.76. The van der Waals surface area contributed by atoms with Gasteiger partial charge in [0.25, 0.3) is 0 Å².